The van der Waals surface area contributed by atoms with Gasteiger partial charge in [0.15, 0.2) is 11.5 Å². The van der Waals surface area contributed by atoms with Gasteiger partial charge in [-0.25, -0.2) is 4.39 Å². The number of carboxylic acids is 1. The van der Waals surface area contributed by atoms with Crippen molar-refractivity contribution in [2.75, 3.05) is 6.79 Å². The van der Waals surface area contributed by atoms with E-state index in [1.807, 2.05) is 0 Å². The molecule has 1 aromatic rings. The monoisotopic (exact) mass is 274 g/mol. The molecular weight excluding hydrogens is 263 g/mol. The summed E-state index contributed by atoms with van der Waals surface area (Å²) in [6, 6.07) is 1.33. The highest BCUT2D eigenvalue weighted by Crippen LogP contribution is 2.46. The van der Waals surface area contributed by atoms with Crippen LogP contribution in [0.5, 0.6) is 11.5 Å². The van der Waals surface area contributed by atoms with Crippen molar-refractivity contribution in [1.29, 1.82) is 0 Å². The largest absolute Gasteiger partial charge is 0.481 e. The van der Waals surface area contributed by atoms with Gasteiger partial charge in [-0.3, -0.25) is 4.79 Å². The molecule has 0 amide bonds. The van der Waals surface area contributed by atoms with Crippen molar-refractivity contribution in [2.24, 2.45) is 0 Å². The first-order valence-electron chi connectivity index (χ1n) is 5.33. The number of fused-ring (bicyclic) bond motifs is 1. The molecule has 0 aliphatic carbocycles. The van der Waals surface area contributed by atoms with Gasteiger partial charge in [0.2, 0.25) is 6.79 Å². The van der Waals surface area contributed by atoms with Gasteiger partial charge in [-0.1, -0.05) is 25.4 Å². The molecule has 2 rings (SSSR count). The molecule has 0 spiro atoms. The molecule has 98 valence electrons. The van der Waals surface area contributed by atoms with Gasteiger partial charge in [0.25, 0.3) is 0 Å². The molecule has 1 N–H and O–H groups in total. The Morgan fingerprint density at radius 3 is 2.83 bits per heavy atom. The lowest BCUT2D eigenvalue weighted by atomic mass is 9.80. The Kier molecular flexibility index (Phi) is 3.11. The fourth-order valence-corrected chi connectivity index (χ4v) is 2.25. The number of benzene rings is 1. The molecule has 0 aromatic heterocycles. The zero-order valence-electron chi connectivity index (χ0n) is 9.92. The van der Waals surface area contributed by atoms with Crippen LogP contribution in [0.25, 0.3) is 0 Å². The quantitative estimate of drug-likeness (QED) is 0.921. The van der Waals surface area contributed by atoms with Crippen LogP contribution < -0.4 is 9.47 Å². The Balaban J connectivity index is 2.59. The topological polar surface area (TPSA) is 55.8 Å². The molecule has 0 atom stereocenters. The minimum atomic E-state index is -1.02. The lowest BCUT2D eigenvalue weighted by Gasteiger charge is -2.25. The van der Waals surface area contributed by atoms with Crippen LogP contribution in [0.2, 0.25) is 5.02 Å². The smallest absolute Gasteiger partial charge is 0.304 e. The van der Waals surface area contributed by atoms with Crippen LogP contribution in [0.1, 0.15) is 25.8 Å². The van der Waals surface area contributed by atoms with Crippen molar-refractivity contribution in [1.82, 2.24) is 0 Å². The summed E-state index contributed by atoms with van der Waals surface area (Å²) in [5, 5.41) is 8.79. The van der Waals surface area contributed by atoms with Crippen molar-refractivity contribution in [3.8, 4) is 11.5 Å². The van der Waals surface area contributed by atoms with Crippen LogP contribution in [-0.4, -0.2) is 17.9 Å². The molecule has 18 heavy (non-hydrogen) atoms. The Bertz CT molecular complexity index is 513. The van der Waals surface area contributed by atoms with Crippen LogP contribution in [0.4, 0.5) is 4.39 Å². The van der Waals surface area contributed by atoms with Crippen LogP contribution in [0, 0.1) is 5.82 Å². The summed E-state index contributed by atoms with van der Waals surface area (Å²) >= 11 is 5.78. The van der Waals surface area contributed by atoms with Gasteiger partial charge < -0.3 is 14.6 Å². The van der Waals surface area contributed by atoms with Crippen molar-refractivity contribution < 1.29 is 23.8 Å². The van der Waals surface area contributed by atoms with Crippen LogP contribution in [0.15, 0.2) is 6.07 Å². The highest BCUT2D eigenvalue weighted by molar-refractivity contribution is 6.31. The number of carboxylic acid groups (broad SMARTS) is 1. The van der Waals surface area contributed by atoms with E-state index in [0.29, 0.717) is 5.75 Å². The first kappa shape index (κ1) is 13.0. The summed E-state index contributed by atoms with van der Waals surface area (Å²) < 4.78 is 24.5. The van der Waals surface area contributed by atoms with Gasteiger partial charge in [0.1, 0.15) is 5.82 Å². The predicted molar refractivity (Wildman–Crippen MR) is 62.8 cm³/mol. The van der Waals surface area contributed by atoms with Crippen molar-refractivity contribution >= 4 is 17.6 Å². The first-order chi connectivity index (χ1) is 8.33. The average molecular weight is 275 g/mol. The van der Waals surface area contributed by atoms with Crippen LogP contribution >= 0.6 is 11.6 Å². The Morgan fingerprint density at radius 2 is 2.22 bits per heavy atom. The van der Waals surface area contributed by atoms with E-state index in [1.165, 1.54) is 6.07 Å². The van der Waals surface area contributed by atoms with Gasteiger partial charge in [-0.2, -0.15) is 0 Å². The number of halogens is 2. The summed E-state index contributed by atoms with van der Waals surface area (Å²) in [5.41, 5.74) is -0.802. The molecule has 0 saturated carbocycles. The number of ether oxygens (including phenoxy) is 2. The molecule has 0 fully saturated rings. The highest BCUT2D eigenvalue weighted by Gasteiger charge is 2.35. The van der Waals surface area contributed by atoms with Crippen molar-refractivity contribution in [3.05, 3.63) is 22.5 Å². The van der Waals surface area contributed by atoms with Gasteiger partial charge in [-0.05, 0) is 0 Å². The standard InChI is InChI=1S/C12H12ClFO4/c1-12(2,4-8(15)16)9-10(14)6(13)3-7-11(9)18-5-17-7/h3H,4-5H2,1-2H3,(H,15,16). The number of carbonyl (C=O) groups is 1. The molecular formula is C12H12ClFO4. The van der Waals surface area contributed by atoms with E-state index in [2.05, 4.69) is 0 Å². The number of hydrogen-bond acceptors (Lipinski definition) is 3. The predicted octanol–water partition coefficient (Wildman–Crippen LogP) is 2.96. The fourth-order valence-electron chi connectivity index (χ4n) is 2.06. The average Bonchev–Trinajstić information content (AvgIpc) is 2.63. The minimum Gasteiger partial charge on any atom is -0.481 e. The second-order valence-electron chi connectivity index (χ2n) is 4.74. The van der Waals surface area contributed by atoms with Crippen molar-refractivity contribution in [3.63, 3.8) is 0 Å². The van der Waals surface area contributed by atoms with E-state index in [4.69, 9.17) is 26.2 Å². The van der Waals surface area contributed by atoms with Gasteiger partial charge in [-0.15, -0.1) is 0 Å². The van der Waals surface area contributed by atoms with Crippen LogP contribution in [-0.2, 0) is 10.2 Å². The van der Waals surface area contributed by atoms with E-state index in [1.54, 1.807) is 13.8 Å². The van der Waals surface area contributed by atoms with E-state index < -0.39 is 17.2 Å². The molecule has 1 aliphatic rings. The lowest BCUT2D eigenvalue weighted by Crippen LogP contribution is -2.24. The summed E-state index contributed by atoms with van der Waals surface area (Å²) in [6.45, 7) is 3.22. The zero-order chi connectivity index (χ0) is 13.5. The normalized spacial score (nSPS) is 13.8. The molecule has 0 radical (unpaired) electrons. The maximum absolute atomic E-state index is 14.1. The van der Waals surface area contributed by atoms with Crippen molar-refractivity contribution in [2.45, 2.75) is 25.7 Å². The third kappa shape index (κ3) is 2.10. The SMILES string of the molecule is CC(C)(CC(=O)O)c1c(F)c(Cl)cc2c1OCO2. The second-order valence-corrected chi connectivity index (χ2v) is 5.14. The third-order valence-electron chi connectivity index (χ3n) is 2.83. The summed E-state index contributed by atoms with van der Waals surface area (Å²) in [4.78, 5) is 10.9. The molecule has 1 aromatic carbocycles. The number of rotatable bonds is 3. The number of aliphatic carboxylic acids is 1. The highest BCUT2D eigenvalue weighted by atomic mass is 35.5. The summed E-state index contributed by atoms with van der Waals surface area (Å²) in [6.07, 6.45) is -0.236. The molecule has 1 heterocycles. The van der Waals surface area contributed by atoms with E-state index in [0.717, 1.165) is 0 Å². The summed E-state index contributed by atoms with van der Waals surface area (Å²) in [5.74, 6) is -1.10. The third-order valence-corrected chi connectivity index (χ3v) is 3.10. The molecule has 4 nitrogen and oxygen atoms in total. The maximum Gasteiger partial charge on any atom is 0.304 e. The Morgan fingerprint density at radius 1 is 1.56 bits per heavy atom. The van der Waals surface area contributed by atoms with Gasteiger partial charge in [0.05, 0.1) is 11.4 Å². The Hall–Kier alpha value is -1.49. The van der Waals surface area contributed by atoms with E-state index in [-0.39, 0.29) is 29.5 Å². The summed E-state index contributed by atoms with van der Waals surface area (Å²) in [7, 11) is 0. The van der Waals surface area contributed by atoms with Gasteiger partial charge in [0, 0.05) is 17.0 Å². The van der Waals surface area contributed by atoms with Crippen LogP contribution in [0.3, 0.4) is 0 Å². The lowest BCUT2D eigenvalue weighted by molar-refractivity contribution is -0.138. The first-order valence-corrected chi connectivity index (χ1v) is 5.70. The maximum atomic E-state index is 14.1. The molecule has 1 aliphatic heterocycles. The number of hydrogen-bond donors (Lipinski definition) is 1. The van der Waals surface area contributed by atoms with E-state index in [9.17, 15) is 9.18 Å². The minimum absolute atomic E-state index is 0.0226. The molecule has 6 heteroatoms. The zero-order valence-corrected chi connectivity index (χ0v) is 10.7. The molecule has 0 bridgehead atoms. The molecule has 0 unspecified atom stereocenters. The Labute approximate surface area is 108 Å². The fraction of sp³-hybridized carbons (Fsp3) is 0.417. The molecule has 0 saturated heterocycles. The van der Waals surface area contributed by atoms with Gasteiger partial charge >= 0.3 is 5.97 Å². The second kappa shape index (κ2) is 4.31. The van der Waals surface area contributed by atoms with E-state index >= 15 is 0 Å².